The van der Waals surface area contributed by atoms with Crippen LogP contribution in [0.2, 0.25) is 0 Å². The Labute approximate surface area is 340 Å². The van der Waals surface area contributed by atoms with Crippen molar-refractivity contribution in [1.29, 1.82) is 0 Å². The number of carbonyl (C=O) groups is 2. The minimum atomic E-state index is -0.599. The van der Waals surface area contributed by atoms with Gasteiger partial charge in [-0.25, -0.2) is 10.4 Å². The van der Waals surface area contributed by atoms with Gasteiger partial charge < -0.3 is 24.1 Å². The van der Waals surface area contributed by atoms with E-state index in [1.807, 2.05) is 6.92 Å². The van der Waals surface area contributed by atoms with Gasteiger partial charge in [0.15, 0.2) is 0 Å². The van der Waals surface area contributed by atoms with Crippen LogP contribution in [0.3, 0.4) is 0 Å². The highest BCUT2D eigenvalue weighted by Crippen LogP contribution is 2.44. The van der Waals surface area contributed by atoms with E-state index in [4.69, 9.17) is 24.2 Å². The molecule has 0 saturated carbocycles. The van der Waals surface area contributed by atoms with E-state index >= 15 is 0 Å². The first kappa shape index (κ1) is 40.1. The maximum absolute atomic E-state index is 13.9. The van der Waals surface area contributed by atoms with Gasteiger partial charge >= 0.3 is 5.97 Å². The number of pyridine rings is 1. The van der Waals surface area contributed by atoms with E-state index in [0.29, 0.717) is 37.8 Å². The number of rotatable bonds is 7. The molecule has 7 heterocycles. The number of carbonyl (C=O) groups excluding carboxylic acids is 2. The van der Waals surface area contributed by atoms with Crippen molar-refractivity contribution in [3.8, 4) is 22.5 Å². The molecular weight excluding hydrogens is 739 g/mol. The minimum absolute atomic E-state index is 0.102. The number of piperidine rings is 1. The Kier molecular flexibility index (Phi) is 11.6. The van der Waals surface area contributed by atoms with Crippen LogP contribution in [0.1, 0.15) is 100 Å². The first-order valence-electron chi connectivity index (χ1n) is 20.9. The van der Waals surface area contributed by atoms with Gasteiger partial charge in [0.25, 0.3) is 5.91 Å². The number of thiazole rings is 1. The average molecular weight is 798 g/mol. The molecular formula is C44H59N7O5S. The third-order valence-corrected chi connectivity index (χ3v) is 13.9. The van der Waals surface area contributed by atoms with Gasteiger partial charge in [-0.1, -0.05) is 26.8 Å². The third-order valence-electron chi connectivity index (χ3n) is 12.8. The first-order chi connectivity index (χ1) is 27.5. The highest BCUT2D eigenvalue weighted by Gasteiger charge is 2.37. The second-order valence-electron chi connectivity index (χ2n) is 17.3. The number of esters is 1. The van der Waals surface area contributed by atoms with Gasteiger partial charge in [0.05, 0.1) is 60.1 Å². The monoisotopic (exact) mass is 797 g/mol. The Morgan fingerprint density at radius 1 is 1.12 bits per heavy atom. The number of likely N-dealkylation sites (N-methyl/N-ethyl adjacent to an activating group) is 1. The summed E-state index contributed by atoms with van der Waals surface area (Å²) in [7, 11) is 3.56. The number of cyclic esters (lactones) is 1. The van der Waals surface area contributed by atoms with Crippen LogP contribution in [0.4, 0.5) is 0 Å². The lowest BCUT2D eigenvalue weighted by Crippen LogP contribution is -2.60. The van der Waals surface area contributed by atoms with E-state index in [-0.39, 0.29) is 30.5 Å². The quantitative estimate of drug-likeness (QED) is 0.202. The molecule has 4 aliphatic heterocycles. The number of methoxy groups -OCH3 is 1. The molecule has 6 bridgehead atoms. The number of likely N-dealkylation sites (tertiary alicyclic amines) is 1. The molecule has 13 heteroatoms. The zero-order valence-electron chi connectivity index (χ0n) is 34.6. The van der Waals surface area contributed by atoms with Crippen molar-refractivity contribution >= 4 is 34.1 Å². The molecule has 3 fully saturated rings. The summed E-state index contributed by atoms with van der Waals surface area (Å²) in [4.78, 5) is 40.6. The number of ether oxygens (including phenoxy) is 3. The number of aromatic nitrogens is 3. The number of benzene rings is 1. The van der Waals surface area contributed by atoms with E-state index in [1.54, 1.807) is 30.5 Å². The van der Waals surface area contributed by atoms with Crippen LogP contribution in [-0.2, 0) is 36.8 Å². The Morgan fingerprint density at radius 3 is 2.61 bits per heavy atom. The molecule has 3 saturated heterocycles. The van der Waals surface area contributed by atoms with Crippen molar-refractivity contribution in [2.24, 2.45) is 5.41 Å². The maximum atomic E-state index is 13.9. The first-order valence-corrected chi connectivity index (χ1v) is 21.7. The van der Waals surface area contributed by atoms with Gasteiger partial charge in [0, 0.05) is 65.1 Å². The Hall–Kier alpha value is -3.72. The predicted octanol–water partition coefficient (Wildman–Crippen LogP) is 6.44. The van der Waals surface area contributed by atoms with E-state index in [9.17, 15) is 9.59 Å². The largest absolute Gasteiger partial charge is 0.464 e. The van der Waals surface area contributed by atoms with E-state index in [0.717, 1.165) is 89.8 Å². The summed E-state index contributed by atoms with van der Waals surface area (Å²) in [5, 5.41) is 8.99. The number of aryl methyl sites for hydroxylation is 1. The van der Waals surface area contributed by atoms with Crippen LogP contribution in [0.5, 0.6) is 0 Å². The lowest BCUT2D eigenvalue weighted by molar-refractivity contribution is -0.155. The molecule has 1 amide bonds. The average Bonchev–Trinajstić information content (AvgIpc) is 3.82. The van der Waals surface area contributed by atoms with Crippen molar-refractivity contribution < 1.29 is 23.8 Å². The second kappa shape index (κ2) is 16.5. The molecule has 306 valence electrons. The summed E-state index contributed by atoms with van der Waals surface area (Å²) >= 11 is 1.58. The summed E-state index contributed by atoms with van der Waals surface area (Å²) < 4.78 is 20.1. The number of nitrogens with one attached hydrogen (secondary N) is 2. The Morgan fingerprint density at radius 2 is 1.91 bits per heavy atom. The molecule has 4 atom stereocenters. The molecule has 0 spiro atoms. The van der Waals surface area contributed by atoms with Crippen molar-refractivity contribution in [1.82, 2.24) is 35.2 Å². The SMILES string of the molecule is CCn1c(-c2cc(C3CCN(C4COC4)CC3)cnc2[C@H](C)OC)c2c3cc(ccc31)-c1csc(n1)[C@@H](C)[C@H](NC)C(=O)N1CCC[C@H](N1)C(=O)OCC(C)(C)C2. The molecule has 4 aromatic rings. The van der Waals surface area contributed by atoms with Crippen LogP contribution in [0.25, 0.3) is 33.4 Å². The summed E-state index contributed by atoms with van der Waals surface area (Å²) in [5.74, 6) is -0.207. The third kappa shape index (κ3) is 7.79. The van der Waals surface area contributed by atoms with Crippen LogP contribution < -0.4 is 10.7 Å². The van der Waals surface area contributed by atoms with Crippen LogP contribution in [0, 0.1) is 5.41 Å². The lowest BCUT2D eigenvalue weighted by atomic mass is 9.83. The van der Waals surface area contributed by atoms with Crippen molar-refractivity contribution in [2.45, 2.75) is 109 Å². The molecule has 3 aromatic heterocycles. The van der Waals surface area contributed by atoms with Gasteiger partial charge in [-0.2, -0.15) is 0 Å². The molecule has 0 radical (unpaired) electrons. The number of nitrogens with zero attached hydrogens (tertiary/aromatic N) is 5. The molecule has 2 N–H and O–H groups in total. The van der Waals surface area contributed by atoms with Crippen molar-refractivity contribution in [2.75, 3.05) is 53.6 Å². The van der Waals surface area contributed by atoms with Crippen LogP contribution >= 0.6 is 11.3 Å². The number of hydrogen-bond donors (Lipinski definition) is 2. The van der Waals surface area contributed by atoms with Gasteiger partial charge in [0.2, 0.25) is 0 Å². The second-order valence-corrected chi connectivity index (χ2v) is 18.2. The fourth-order valence-corrected chi connectivity index (χ4v) is 10.2. The zero-order chi connectivity index (χ0) is 40.0. The highest BCUT2D eigenvalue weighted by atomic mass is 32.1. The Balaban J connectivity index is 1.26. The summed E-state index contributed by atoms with van der Waals surface area (Å²) in [6.07, 6.45) is 6.01. The summed E-state index contributed by atoms with van der Waals surface area (Å²) in [6.45, 7) is 16.0. The maximum Gasteiger partial charge on any atom is 0.324 e. The minimum Gasteiger partial charge on any atom is -0.464 e. The molecule has 0 unspecified atom stereocenters. The topological polar surface area (TPSA) is 123 Å². The molecule has 57 heavy (non-hydrogen) atoms. The highest BCUT2D eigenvalue weighted by molar-refractivity contribution is 7.10. The van der Waals surface area contributed by atoms with E-state index in [1.165, 1.54) is 11.1 Å². The summed E-state index contributed by atoms with van der Waals surface area (Å²) in [6, 6.07) is 8.52. The molecule has 0 aliphatic carbocycles. The van der Waals surface area contributed by atoms with Gasteiger partial charge in [0.1, 0.15) is 6.04 Å². The van der Waals surface area contributed by atoms with Gasteiger partial charge in [-0.3, -0.25) is 24.5 Å². The smallest absolute Gasteiger partial charge is 0.324 e. The van der Waals surface area contributed by atoms with Gasteiger partial charge in [-0.05, 0) is 101 Å². The summed E-state index contributed by atoms with van der Waals surface area (Å²) in [5.41, 5.74) is 11.5. The van der Waals surface area contributed by atoms with Crippen molar-refractivity contribution in [3.05, 3.63) is 57.7 Å². The van der Waals surface area contributed by atoms with Crippen LogP contribution in [-0.4, -0.2) is 108 Å². The van der Waals surface area contributed by atoms with Crippen molar-refractivity contribution in [3.63, 3.8) is 0 Å². The Bertz CT molecular complexity index is 2100. The normalized spacial score (nSPS) is 24.6. The fourth-order valence-electron chi connectivity index (χ4n) is 9.31. The predicted molar refractivity (Wildman–Crippen MR) is 223 cm³/mol. The molecule has 4 aliphatic rings. The molecule has 1 aromatic carbocycles. The van der Waals surface area contributed by atoms with Gasteiger partial charge in [-0.15, -0.1) is 11.3 Å². The number of hydrazine groups is 1. The molecule has 12 nitrogen and oxygen atoms in total. The van der Waals surface area contributed by atoms with E-state index in [2.05, 4.69) is 83.7 Å². The molecule has 8 rings (SSSR count). The number of hydrogen-bond acceptors (Lipinski definition) is 11. The standard InChI is InChI=1S/C44H59N7O5S/c1-8-50-37-12-11-29-18-32(37)34(40(50)33-19-30(21-46-39(33)27(3)54-7)28-13-16-49(17-14-28)31-22-55-23-31)20-44(4,5)25-56-43(53)35-10-9-15-51(48-35)42(52)38(45-6)26(2)41-47-36(29)24-57-41/h11-12,18-19,21,24,26-28,31,35,38,45,48H,8-10,13-17,20,22-23,25H2,1-7H3/t26-,27-,35-,38-/m0/s1. The lowest BCUT2D eigenvalue weighted by Gasteiger charge is -2.41. The van der Waals surface area contributed by atoms with E-state index < -0.39 is 17.5 Å². The number of amides is 1. The zero-order valence-corrected chi connectivity index (χ0v) is 35.4. The number of fused-ring (bicyclic) bond motifs is 6. The van der Waals surface area contributed by atoms with Crippen LogP contribution in [0.15, 0.2) is 35.8 Å². The fraction of sp³-hybridized carbons (Fsp3) is 0.591.